The molecule has 0 atom stereocenters. The third kappa shape index (κ3) is 3.22. The molecule has 1 aliphatic rings. The van der Waals surface area contributed by atoms with Crippen molar-refractivity contribution in [2.45, 2.75) is 47.0 Å². The Morgan fingerprint density at radius 2 is 1.23 bits per heavy atom. The van der Waals surface area contributed by atoms with E-state index in [1.54, 1.807) is 11.1 Å². The molecular weight excluding hydrogens is 156 g/mol. The monoisotopic (exact) mass is 178 g/mol. The van der Waals surface area contributed by atoms with E-state index >= 15 is 0 Å². The van der Waals surface area contributed by atoms with Crippen LogP contribution in [0.2, 0.25) is 0 Å². The molecule has 1 aromatic carbocycles. The van der Waals surface area contributed by atoms with Gasteiger partial charge in [0.2, 0.25) is 0 Å². The smallest absolute Gasteiger partial charge is 0.0276 e. The Hall–Kier alpha value is -0.780. The predicted molar refractivity (Wildman–Crippen MR) is 61.2 cm³/mol. The molecule has 74 valence electrons. The minimum Gasteiger partial charge on any atom is -0.0776 e. The van der Waals surface area contributed by atoms with E-state index in [-0.39, 0.29) is 7.43 Å². The van der Waals surface area contributed by atoms with E-state index in [0.29, 0.717) is 0 Å². The van der Waals surface area contributed by atoms with Crippen molar-refractivity contribution in [1.29, 1.82) is 0 Å². The fraction of sp³-hybridized carbons (Fsp3) is 0.538. The van der Waals surface area contributed by atoms with Gasteiger partial charge in [-0.05, 0) is 36.8 Å². The van der Waals surface area contributed by atoms with Crippen LogP contribution in [-0.4, -0.2) is 0 Å². The summed E-state index contributed by atoms with van der Waals surface area (Å²) in [6.07, 6.45) is 5.38. The van der Waals surface area contributed by atoms with Crippen molar-refractivity contribution in [2.24, 2.45) is 0 Å². The van der Waals surface area contributed by atoms with Crippen LogP contribution in [0.1, 0.15) is 45.2 Å². The zero-order chi connectivity index (χ0) is 8.81. The summed E-state index contributed by atoms with van der Waals surface area (Å²) in [4.78, 5) is 0. The van der Waals surface area contributed by atoms with Crippen LogP contribution in [0.4, 0.5) is 0 Å². The molecule has 1 aliphatic carbocycles. The fourth-order valence-electron chi connectivity index (χ4n) is 1.68. The quantitative estimate of drug-likeness (QED) is 0.558. The van der Waals surface area contributed by atoms with Crippen molar-refractivity contribution in [2.75, 3.05) is 0 Å². The van der Waals surface area contributed by atoms with Gasteiger partial charge in [0.05, 0.1) is 0 Å². The molecule has 0 aliphatic heterocycles. The average Bonchev–Trinajstić information content (AvgIpc) is 2.21. The highest BCUT2D eigenvalue weighted by atomic mass is 14.1. The first-order valence-corrected chi connectivity index (χ1v) is 5.03. The molecule has 0 heteroatoms. The Morgan fingerprint density at radius 1 is 0.846 bits per heavy atom. The molecule has 0 radical (unpaired) electrons. The lowest BCUT2D eigenvalue weighted by Crippen LogP contribution is -2.00. The number of aryl methyl sites for hydroxylation is 2. The zero-order valence-electron chi connectivity index (χ0n) is 8.14. The van der Waals surface area contributed by atoms with Gasteiger partial charge < -0.3 is 0 Å². The summed E-state index contributed by atoms with van der Waals surface area (Å²) < 4.78 is 0. The second kappa shape index (κ2) is 6.71. The number of hydrogen-bond acceptors (Lipinski definition) is 0. The van der Waals surface area contributed by atoms with Crippen LogP contribution in [0, 0.1) is 0 Å². The topological polar surface area (TPSA) is 0 Å². The van der Waals surface area contributed by atoms with Crippen LogP contribution in [0.3, 0.4) is 0 Å². The maximum Gasteiger partial charge on any atom is -0.0276 e. The molecule has 0 amide bonds. The van der Waals surface area contributed by atoms with E-state index < -0.39 is 0 Å². The normalized spacial score (nSPS) is 13.1. The van der Waals surface area contributed by atoms with Crippen LogP contribution in [0.5, 0.6) is 0 Å². The Bertz CT molecular complexity index is 200. The summed E-state index contributed by atoms with van der Waals surface area (Å²) in [5.41, 5.74) is 3.16. The summed E-state index contributed by atoms with van der Waals surface area (Å²) in [5, 5.41) is 0. The van der Waals surface area contributed by atoms with E-state index in [9.17, 15) is 0 Å². The molecule has 0 spiro atoms. The highest BCUT2D eigenvalue weighted by Crippen LogP contribution is 2.19. The summed E-state index contributed by atoms with van der Waals surface area (Å²) in [7, 11) is 0. The molecule has 0 heterocycles. The largest absolute Gasteiger partial charge is 0.0776 e. The number of benzene rings is 1. The van der Waals surface area contributed by atoms with E-state index in [1.807, 2.05) is 13.8 Å². The van der Waals surface area contributed by atoms with Crippen molar-refractivity contribution in [3.8, 4) is 0 Å². The molecule has 0 unspecified atom stereocenters. The zero-order valence-corrected chi connectivity index (χ0v) is 8.14. The van der Waals surface area contributed by atoms with Gasteiger partial charge in [0.1, 0.15) is 0 Å². The minimum atomic E-state index is 0. The van der Waals surface area contributed by atoms with Gasteiger partial charge in [0.15, 0.2) is 0 Å². The Balaban J connectivity index is 0.000000451. The number of rotatable bonds is 0. The molecule has 0 fully saturated rings. The van der Waals surface area contributed by atoms with Gasteiger partial charge in [-0.25, -0.2) is 0 Å². The van der Waals surface area contributed by atoms with E-state index in [4.69, 9.17) is 0 Å². The molecule has 0 bridgehead atoms. The van der Waals surface area contributed by atoms with Crippen molar-refractivity contribution in [3.63, 3.8) is 0 Å². The van der Waals surface area contributed by atoms with Crippen LogP contribution < -0.4 is 0 Å². The second-order valence-corrected chi connectivity index (χ2v) is 2.98. The van der Waals surface area contributed by atoms with Gasteiger partial charge >= 0.3 is 0 Å². The third-order valence-electron chi connectivity index (χ3n) is 2.26. The molecule has 0 nitrogen and oxygen atoms in total. The fourth-order valence-corrected chi connectivity index (χ4v) is 1.68. The number of hydrogen-bond donors (Lipinski definition) is 0. The van der Waals surface area contributed by atoms with Crippen molar-refractivity contribution in [3.05, 3.63) is 35.4 Å². The second-order valence-electron chi connectivity index (χ2n) is 2.98. The standard InChI is InChI=1S/C10H12.C2H6.CH4/c1-2-6-10-8-4-3-7-9(10)5-1;1-2;/h1-2,5-6H,3-4,7-8H2;1-2H3;1H4. The number of fused-ring (bicyclic) bond motifs is 1. The van der Waals surface area contributed by atoms with Crippen LogP contribution in [-0.2, 0) is 12.8 Å². The molecule has 0 saturated carbocycles. The first-order chi connectivity index (χ1) is 5.97. The Morgan fingerprint density at radius 3 is 1.62 bits per heavy atom. The third-order valence-corrected chi connectivity index (χ3v) is 2.26. The van der Waals surface area contributed by atoms with E-state index in [0.717, 1.165) is 0 Å². The van der Waals surface area contributed by atoms with Crippen LogP contribution in [0.15, 0.2) is 24.3 Å². The lowest BCUT2D eigenvalue weighted by atomic mass is 9.92. The molecule has 2 rings (SSSR count). The van der Waals surface area contributed by atoms with Crippen molar-refractivity contribution in [1.82, 2.24) is 0 Å². The lowest BCUT2D eigenvalue weighted by Gasteiger charge is -2.13. The highest BCUT2D eigenvalue weighted by molar-refractivity contribution is 5.28. The maximum absolute atomic E-state index is 2.26. The minimum absolute atomic E-state index is 0. The van der Waals surface area contributed by atoms with Gasteiger partial charge in [-0.15, -0.1) is 0 Å². The lowest BCUT2D eigenvalue weighted by molar-refractivity contribution is 0.685. The van der Waals surface area contributed by atoms with Gasteiger partial charge in [-0.2, -0.15) is 0 Å². The first kappa shape index (κ1) is 12.2. The summed E-state index contributed by atoms with van der Waals surface area (Å²) >= 11 is 0. The summed E-state index contributed by atoms with van der Waals surface area (Å²) in [6.45, 7) is 4.00. The highest BCUT2D eigenvalue weighted by Gasteiger charge is 2.05. The SMILES string of the molecule is C.CC.c1ccc2c(c1)CCCC2. The molecule has 13 heavy (non-hydrogen) atoms. The van der Waals surface area contributed by atoms with Gasteiger partial charge in [-0.1, -0.05) is 45.5 Å². The van der Waals surface area contributed by atoms with E-state index in [2.05, 4.69) is 24.3 Å². The maximum atomic E-state index is 2.26. The molecular formula is C13H22. The summed E-state index contributed by atoms with van der Waals surface area (Å²) in [5.74, 6) is 0. The van der Waals surface area contributed by atoms with Crippen molar-refractivity contribution < 1.29 is 0 Å². The van der Waals surface area contributed by atoms with Gasteiger partial charge in [0, 0.05) is 0 Å². The van der Waals surface area contributed by atoms with E-state index in [1.165, 1.54) is 25.7 Å². The predicted octanol–water partition coefficient (Wildman–Crippen LogP) is 4.23. The molecule has 1 aromatic rings. The summed E-state index contributed by atoms with van der Waals surface area (Å²) in [6, 6.07) is 8.80. The van der Waals surface area contributed by atoms with Crippen molar-refractivity contribution >= 4 is 0 Å². The molecule has 0 aromatic heterocycles. The van der Waals surface area contributed by atoms with Crippen LogP contribution in [0.25, 0.3) is 0 Å². The van der Waals surface area contributed by atoms with Gasteiger partial charge in [0.25, 0.3) is 0 Å². The van der Waals surface area contributed by atoms with Crippen LogP contribution >= 0.6 is 0 Å². The average molecular weight is 178 g/mol. The Kier molecular flexibility index (Phi) is 6.30. The Labute approximate surface area is 83.0 Å². The first-order valence-electron chi connectivity index (χ1n) is 5.03. The molecule has 0 saturated heterocycles. The van der Waals surface area contributed by atoms with Gasteiger partial charge in [-0.3, -0.25) is 0 Å². The molecule has 0 N–H and O–H groups in total.